The summed E-state index contributed by atoms with van der Waals surface area (Å²) in [5.74, 6) is 0. The Labute approximate surface area is 67.3 Å². The van der Waals surface area contributed by atoms with Gasteiger partial charge in [-0.2, -0.15) is 0 Å². The van der Waals surface area contributed by atoms with Crippen molar-refractivity contribution in [2.75, 3.05) is 26.9 Å². The molecule has 1 fully saturated rings. The molecule has 0 bridgehead atoms. The van der Waals surface area contributed by atoms with E-state index in [4.69, 9.17) is 9.47 Å². The summed E-state index contributed by atoms with van der Waals surface area (Å²) in [5, 5.41) is 9.80. The Kier molecular flexibility index (Phi) is 3.30. The Morgan fingerprint density at radius 1 is 1.55 bits per heavy atom. The summed E-state index contributed by atoms with van der Waals surface area (Å²) in [6, 6.07) is 0. The van der Waals surface area contributed by atoms with Gasteiger partial charge in [-0.1, -0.05) is 0 Å². The minimum Gasteiger partial charge on any atom is -0.385 e. The molecule has 66 valence electrons. The highest BCUT2D eigenvalue weighted by atomic mass is 16.5. The van der Waals surface area contributed by atoms with E-state index < -0.39 is 5.60 Å². The highest BCUT2D eigenvalue weighted by Crippen LogP contribution is 2.18. The van der Waals surface area contributed by atoms with Crippen molar-refractivity contribution in [2.24, 2.45) is 0 Å². The van der Waals surface area contributed by atoms with Gasteiger partial charge in [0.2, 0.25) is 0 Å². The minimum absolute atomic E-state index is 0.382. The van der Waals surface area contributed by atoms with Crippen LogP contribution in [0.3, 0.4) is 0 Å². The first-order valence-electron chi connectivity index (χ1n) is 4.06. The Balaban J connectivity index is 2.38. The van der Waals surface area contributed by atoms with Crippen molar-refractivity contribution in [3.63, 3.8) is 0 Å². The number of aliphatic hydroxyl groups is 1. The predicted octanol–water partition coefficient (Wildman–Crippen LogP) is 0.564. The van der Waals surface area contributed by atoms with Gasteiger partial charge in [0.1, 0.15) is 5.60 Å². The second kappa shape index (κ2) is 4.04. The molecule has 1 aliphatic rings. The third-order valence-corrected chi connectivity index (χ3v) is 1.96. The lowest BCUT2D eigenvalue weighted by Gasteiger charge is -2.24. The van der Waals surface area contributed by atoms with Crippen molar-refractivity contribution in [2.45, 2.75) is 24.9 Å². The number of rotatable bonds is 2. The van der Waals surface area contributed by atoms with Gasteiger partial charge in [0.15, 0.2) is 0 Å². The van der Waals surface area contributed by atoms with Gasteiger partial charge >= 0.3 is 0 Å². The zero-order valence-electron chi connectivity index (χ0n) is 7.01. The van der Waals surface area contributed by atoms with Crippen molar-refractivity contribution in [1.82, 2.24) is 0 Å². The third kappa shape index (κ3) is 2.77. The first-order valence-corrected chi connectivity index (χ1v) is 4.06. The highest BCUT2D eigenvalue weighted by Gasteiger charge is 2.28. The van der Waals surface area contributed by atoms with Gasteiger partial charge in [-0.05, 0) is 19.3 Å². The van der Waals surface area contributed by atoms with Gasteiger partial charge in [-0.15, -0.1) is 0 Å². The molecule has 0 unspecified atom stereocenters. The molecule has 0 saturated carbocycles. The second-order valence-electron chi connectivity index (χ2n) is 3.17. The van der Waals surface area contributed by atoms with E-state index in [1.165, 1.54) is 0 Å². The van der Waals surface area contributed by atoms with E-state index in [0.29, 0.717) is 13.2 Å². The molecule has 3 nitrogen and oxygen atoms in total. The molecule has 0 aromatic rings. The number of ether oxygens (including phenoxy) is 2. The van der Waals surface area contributed by atoms with E-state index in [9.17, 15) is 5.11 Å². The normalized spacial score (nSPS) is 33.3. The van der Waals surface area contributed by atoms with Crippen LogP contribution in [0.2, 0.25) is 0 Å². The molecule has 0 radical (unpaired) electrons. The predicted molar refractivity (Wildman–Crippen MR) is 41.5 cm³/mol. The van der Waals surface area contributed by atoms with E-state index in [0.717, 1.165) is 25.9 Å². The lowest BCUT2D eigenvalue weighted by Crippen LogP contribution is -2.38. The summed E-state index contributed by atoms with van der Waals surface area (Å²) < 4.78 is 10.1. The van der Waals surface area contributed by atoms with Crippen LogP contribution in [0.5, 0.6) is 0 Å². The van der Waals surface area contributed by atoms with E-state index in [2.05, 4.69) is 0 Å². The number of methoxy groups -OCH3 is 1. The van der Waals surface area contributed by atoms with Gasteiger partial charge in [0.05, 0.1) is 13.2 Å². The molecule has 1 atom stereocenters. The fourth-order valence-electron chi connectivity index (χ4n) is 1.38. The maximum atomic E-state index is 9.80. The van der Waals surface area contributed by atoms with Crippen molar-refractivity contribution < 1.29 is 14.6 Å². The quantitative estimate of drug-likeness (QED) is 0.641. The van der Waals surface area contributed by atoms with Crippen LogP contribution in [-0.2, 0) is 9.47 Å². The first-order chi connectivity index (χ1) is 5.27. The van der Waals surface area contributed by atoms with Crippen molar-refractivity contribution >= 4 is 0 Å². The molecule has 0 spiro atoms. The molecular weight excluding hydrogens is 144 g/mol. The lowest BCUT2D eigenvalue weighted by molar-refractivity contribution is -0.0803. The molecule has 0 aliphatic carbocycles. The first kappa shape index (κ1) is 8.97. The standard InChI is InChI=1S/C8H16O3/c1-10-6-8(9)4-2-3-5-11-7-8/h9H,2-7H2,1H3/t8-/m1/s1. The van der Waals surface area contributed by atoms with Crippen LogP contribution in [0.1, 0.15) is 19.3 Å². The van der Waals surface area contributed by atoms with E-state index in [1.54, 1.807) is 7.11 Å². The summed E-state index contributed by atoms with van der Waals surface area (Å²) in [7, 11) is 1.60. The van der Waals surface area contributed by atoms with Crippen LogP contribution >= 0.6 is 0 Å². The molecule has 1 saturated heterocycles. The molecule has 0 aromatic heterocycles. The van der Waals surface area contributed by atoms with E-state index in [1.807, 2.05) is 0 Å². The summed E-state index contributed by atoms with van der Waals surface area (Å²) in [5.41, 5.74) is -0.731. The van der Waals surface area contributed by atoms with Crippen LogP contribution in [0.15, 0.2) is 0 Å². The second-order valence-corrected chi connectivity index (χ2v) is 3.17. The number of hydrogen-bond donors (Lipinski definition) is 1. The monoisotopic (exact) mass is 160 g/mol. The van der Waals surface area contributed by atoms with E-state index in [-0.39, 0.29) is 0 Å². The molecule has 11 heavy (non-hydrogen) atoms. The van der Waals surface area contributed by atoms with Gasteiger partial charge in [0.25, 0.3) is 0 Å². The summed E-state index contributed by atoms with van der Waals surface area (Å²) in [4.78, 5) is 0. The van der Waals surface area contributed by atoms with Crippen LogP contribution in [0.25, 0.3) is 0 Å². The molecular formula is C8H16O3. The molecule has 0 amide bonds. The zero-order chi connectivity index (χ0) is 8.16. The fourth-order valence-corrected chi connectivity index (χ4v) is 1.38. The molecule has 1 rings (SSSR count). The van der Waals surface area contributed by atoms with Crippen LogP contribution in [-0.4, -0.2) is 37.6 Å². The third-order valence-electron chi connectivity index (χ3n) is 1.96. The molecule has 3 heteroatoms. The fraction of sp³-hybridized carbons (Fsp3) is 1.00. The number of hydrogen-bond acceptors (Lipinski definition) is 3. The lowest BCUT2D eigenvalue weighted by atomic mass is 10.00. The van der Waals surface area contributed by atoms with Crippen LogP contribution in [0.4, 0.5) is 0 Å². The van der Waals surface area contributed by atoms with Gasteiger partial charge in [-0.3, -0.25) is 0 Å². The Morgan fingerprint density at radius 2 is 2.36 bits per heavy atom. The van der Waals surface area contributed by atoms with Crippen LogP contribution in [0, 0.1) is 0 Å². The Bertz CT molecular complexity index is 106. The SMILES string of the molecule is COC[C@]1(O)CCCCOC1. The van der Waals surface area contributed by atoms with Gasteiger partial charge in [0, 0.05) is 13.7 Å². The summed E-state index contributed by atoms with van der Waals surface area (Å²) in [6.07, 6.45) is 2.87. The molecule has 0 aromatic carbocycles. The summed E-state index contributed by atoms with van der Waals surface area (Å²) in [6.45, 7) is 1.57. The highest BCUT2D eigenvalue weighted by molar-refractivity contribution is 4.79. The van der Waals surface area contributed by atoms with Gasteiger partial charge < -0.3 is 14.6 Å². The Morgan fingerprint density at radius 3 is 3.09 bits per heavy atom. The largest absolute Gasteiger partial charge is 0.385 e. The van der Waals surface area contributed by atoms with Gasteiger partial charge in [-0.25, -0.2) is 0 Å². The topological polar surface area (TPSA) is 38.7 Å². The maximum absolute atomic E-state index is 9.80. The maximum Gasteiger partial charge on any atom is 0.111 e. The smallest absolute Gasteiger partial charge is 0.111 e. The van der Waals surface area contributed by atoms with Crippen molar-refractivity contribution in [1.29, 1.82) is 0 Å². The molecule has 1 heterocycles. The van der Waals surface area contributed by atoms with E-state index >= 15 is 0 Å². The van der Waals surface area contributed by atoms with Crippen molar-refractivity contribution in [3.05, 3.63) is 0 Å². The Hall–Kier alpha value is -0.120. The zero-order valence-corrected chi connectivity index (χ0v) is 7.01. The van der Waals surface area contributed by atoms with Crippen molar-refractivity contribution in [3.8, 4) is 0 Å². The molecule has 1 aliphatic heterocycles. The average molecular weight is 160 g/mol. The van der Waals surface area contributed by atoms with Crippen LogP contribution < -0.4 is 0 Å². The minimum atomic E-state index is -0.731. The summed E-state index contributed by atoms with van der Waals surface area (Å²) >= 11 is 0. The molecule has 1 N–H and O–H groups in total. The average Bonchev–Trinajstić information content (AvgIpc) is 2.15.